The Morgan fingerprint density at radius 3 is 2.65 bits per heavy atom. The van der Waals surface area contributed by atoms with Crippen molar-refractivity contribution in [2.75, 3.05) is 32.8 Å². The van der Waals surface area contributed by atoms with Gasteiger partial charge >= 0.3 is 0 Å². The molecule has 1 saturated heterocycles. The molecule has 9 nitrogen and oxygen atoms in total. The quantitative estimate of drug-likeness (QED) is 0.571. The van der Waals surface area contributed by atoms with Gasteiger partial charge in [0, 0.05) is 31.8 Å². The van der Waals surface area contributed by atoms with Gasteiger partial charge in [-0.3, -0.25) is 15.0 Å². The molecule has 0 amide bonds. The zero-order valence-corrected chi connectivity index (χ0v) is 14.7. The van der Waals surface area contributed by atoms with Crippen LogP contribution in [-0.4, -0.2) is 51.1 Å². The minimum absolute atomic E-state index is 0.0819. The molecule has 0 saturated carbocycles. The predicted molar refractivity (Wildman–Crippen MR) is 92.1 cm³/mol. The maximum Gasteiger partial charge on any atom is 0.270 e. The monoisotopic (exact) mass is 381 g/mol. The minimum atomic E-state index is -3.90. The van der Waals surface area contributed by atoms with Crippen LogP contribution < -0.4 is 4.72 Å². The van der Waals surface area contributed by atoms with E-state index in [1.165, 1.54) is 24.5 Å². The van der Waals surface area contributed by atoms with Crippen LogP contribution in [0.25, 0.3) is 0 Å². The molecule has 2 aromatic rings. The van der Waals surface area contributed by atoms with E-state index in [-0.39, 0.29) is 23.2 Å². The Balaban J connectivity index is 1.77. The Morgan fingerprint density at radius 1 is 1.23 bits per heavy atom. The number of morpholine rings is 1. The van der Waals surface area contributed by atoms with Crippen LogP contribution in [-0.2, 0) is 14.8 Å². The first-order valence-electron chi connectivity index (χ1n) is 8.07. The average molecular weight is 381 g/mol. The summed E-state index contributed by atoms with van der Waals surface area (Å²) in [5.74, 6) is 0.647. The van der Waals surface area contributed by atoms with Gasteiger partial charge in [0.2, 0.25) is 10.0 Å². The summed E-state index contributed by atoms with van der Waals surface area (Å²) in [5, 5.41) is 10.9. The number of hydrogen-bond acceptors (Lipinski definition) is 7. The van der Waals surface area contributed by atoms with Crippen LogP contribution in [0.5, 0.6) is 0 Å². The number of sulfonamides is 1. The average Bonchev–Trinajstić information content (AvgIpc) is 3.17. The normalized spacial score (nSPS) is 17.1. The number of hydrogen-bond donors (Lipinski definition) is 1. The maximum atomic E-state index is 12.6. The van der Waals surface area contributed by atoms with Crippen LogP contribution in [0.4, 0.5) is 5.69 Å². The highest BCUT2D eigenvalue weighted by atomic mass is 32.2. The van der Waals surface area contributed by atoms with E-state index in [2.05, 4.69) is 9.62 Å². The molecular weight excluding hydrogens is 362 g/mol. The Labute approximate surface area is 150 Å². The lowest BCUT2D eigenvalue weighted by atomic mass is 10.2. The number of benzene rings is 1. The summed E-state index contributed by atoms with van der Waals surface area (Å²) in [4.78, 5) is 12.2. The lowest BCUT2D eigenvalue weighted by Crippen LogP contribution is -2.43. The molecular formula is C16H19N3O6S. The van der Waals surface area contributed by atoms with Crippen molar-refractivity contribution in [2.24, 2.45) is 0 Å². The molecule has 0 bridgehead atoms. The zero-order chi connectivity index (χ0) is 18.6. The number of ether oxygens (including phenoxy) is 1. The molecule has 1 atom stereocenters. The van der Waals surface area contributed by atoms with Crippen molar-refractivity contribution in [1.29, 1.82) is 0 Å². The molecule has 2 heterocycles. The highest BCUT2D eigenvalue weighted by Crippen LogP contribution is 2.23. The van der Waals surface area contributed by atoms with Crippen molar-refractivity contribution < 1.29 is 22.5 Å². The van der Waals surface area contributed by atoms with Gasteiger partial charge in [-0.2, -0.15) is 0 Å². The van der Waals surface area contributed by atoms with Gasteiger partial charge in [0.25, 0.3) is 5.69 Å². The molecule has 0 spiro atoms. The van der Waals surface area contributed by atoms with Gasteiger partial charge in [0.15, 0.2) is 0 Å². The molecule has 1 aliphatic rings. The first-order chi connectivity index (χ1) is 12.5. The van der Waals surface area contributed by atoms with Gasteiger partial charge in [-0.05, 0) is 18.2 Å². The summed E-state index contributed by atoms with van der Waals surface area (Å²) in [6.07, 6.45) is 1.54. The zero-order valence-electron chi connectivity index (χ0n) is 13.9. The predicted octanol–water partition coefficient (Wildman–Crippen LogP) is 1.54. The van der Waals surface area contributed by atoms with Crippen LogP contribution in [0.3, 0.4) is 0 Å². The molecule has 1 unspecified atom stereocenters. The van der Waals surface area contributed by atoms with Crippen LogP contribution in [0.2, 0.25) is 0 Å². The van der Waals surface area contributed by atoms with Gasteiger partial charge in [-0.15, -0.1) is 0 Å². The second-order valence-electron chi connectivity index (χ2n) is 5.79. The molecule has 3 rings (SSSR count). The summed E-state index contributed by atoms with van der Waals surface area (Å²) in [5.41, 5.74) is -0.274. The number of non-ortho nitro benzene ring substituents is 1. The third-order valence-corrected chi connectivity index (χ3v) is 5.58. The smallest absolute Gasteiger partial charge is 0.270 e. The van der Waals surface area contributed by atoms with Gasteiger partial charge in [0.1, 0.15) is 5.76 Å². The van der Waals surface area contributed by atoms with E-state index in [1.807, 2.05) is 0 Å². The number of rotatable bonds is 7. The summed E-state index contributed by atoms with van der Waals surface area (Å²) < 4.78 is 38.5. The van der Waals surface area contributed by atoms with E-state index in [0.29, 0.717) is 32.1 Å². The van der Waals surface area contributed by atoms with E-state index < -0.39 is 14.9 Å². The van der Waals surface area contributed by atoms with Gasteiger partial charge in [-0.1, -0.05) is 6.07 Å². The topological polar surface area (TPSA) is 115 Å². The minimum Gasteiger partial charge on any atom is -0.468 e. The molecule has 10 heteroatoms. The van der Waals surface area contributed by atoms with E-state index in [1.54, 1.807) is 12.1 Å². The Kier molecular flexibility index (Phi) is 5.67. The molecule has 0 radical (unpaired) electrons. The Bertz CT molecular complexity index is 847. The molecule has 1 aliphatic heterocycles. The largest absolute Gasteiger partial charge is 0.468 e. The SMILES string of the molecule is O=[N+]([O-])c1cccc(S(=O)(=O)NCC(c2ccco2)N2CCOCC2)c1. The molecule has 26 heavy (non-hydrogen) atoms. The van der Waals surface area contributed by atoms with Crippen LogP contribution in [0.15, 0.2) is 52.0 Å². The second-order valence-corrected chi connectivity index (χ2v) is 7.55. The Hall–Kier alpha value is -2.27. The van der Waals surface area contributed by atoms with Crippen molar-refractivity contribution in [1.82, 2.24) is 9.62 Å². The van der Waals surface area contributed by atoms with Crippen molar-refractivity contribution in [3.8, 4) is 0 Å². The van der Waals surface area contributed by atoms with Crippen molar-refractivity contribution in [3.63, 3.8) is 0 Å². The standard InChI is InChI=1S/C16H19N3O6S/c20-19(21)13-3-1-4-14(11-13)26(22,23)17-12-15(16-5-2-8-25-16)18-6-9-24-10-7-18/h1-5,8,11,15,17H,6-7,9-10,12H2. The molecule has 0 aliphatic carbocycles. The maximum absolute atomic E-state index is 12.6. The fraction of sp³-hybridized carbons (Fsp3) is 0.375. The van der Waals surface area contributed by atoms with Crippen LogP contribution in [0.1, 0.15) is 11.8 Å². The lowest BCUT2D eigenvalue weighted by Gasteiger charge is -2.33. The summed E-state index contributed by atoms with van der Waals surface area (Å²) in [6.45, 7) is 2.52. The fourth-order valence-electron chi connectivity index (χ4n) is 2.82. The third-order valence-electron chi connectivity index (χ3n) is 4.16. The van der Waals surface area contributed by atoms with Gasteiger partial charge in [0.05, 0.1) is 35.3 Å². The number of furan rings is 1. The van der Waals surface area contributed by atoms with E-state index >= 15 is 0 Å². The van der Waals surface area contributed by atoms with Gasteiger partial charge < -0.3 is 9.15 Å². The summed E-state index contributed by atoms with van der Waals surface area (Å²) in [6, 6.07) is 8.21. The third kappa shape index (κ3) is 4.28. The van der Waals surface area contributed by atoms with Crippen LogP contribution >= 0.6 is 0 Å². The molecule has 1 aromatic heterocycles. The number of nitrogens with one attached hydrogen (secondary N) is 1. The number of nitrogens with zero attached hydrogens (tertiary/aromatic N) is 2. The van der Waals surface area contributed by atoms with Crippen LogP contribution in [0, 0.1) is 10.1 Å². The molecule has 1 fully saturated rings. The van der Waals surface area contributed by atoms with E-state index in [4.69, 9.17) is 9.15 Å². The highest BCUT2D eigenvalue weighted by Gasteiger charge is 2.27. The fourth-order valence-corrected chi connectivity index (χ4v) is 3.89. The first-order valence-corrected chi connectivity index (χ1v) is 9.55. The second kappa shape index (κ2) is 7.96. The molecule has 1 aromatic carbocycles. The lowest BCUT2D eigenvalue weighted by molar-refractivity contribution is -0.385. The number of nitro benzene ring substituents is 1. The summed E-state index contributed by atoms with van der Waals surface area (Å²) >= 11 is 0. The van der Waals surface area contributed by atoms with E-state index in [0.717, 1.165) is 6.07 Å². The van der Waals surface area contributed by atoms with Gasteiger partial charge in [-0.25, -0.2) is 13.1 Å². The summed E-state index contributed by atoms with van der Waals surface area (Å²) in [7, 11) is -3.90. The highest BCUT2D eigenvalue weighted by molar-refractivity contribution is 7.89. The first kappa shape index (κ1) is 18.5. The number of nitro groups is 1. The molecule has 1 N–H and O–H groups in total. The van der Waals surface area contributed by atoms with E-state index in [9.17, 15) is 18.5 Å². The van der Waals surface area contributed by atoms with Crippen molar-refractivity contribution >= 4 is 15.7 Å². The molecule has 140 valence electrons. The van der Waals surface area contributed by atoms with Crippen molar-refractivity contribution in [2.45, 2.75) is 10.9 Å². The Morgan fingerprint density at radius 2 is 2.00 bits per heavy atom. The van der Waals surface area contributed by atoms with Crippen molar-refractivity contribution in [3.05, 3.63) is 58.5 Å².